The molecule has 3 aromatic carbocycles. The Morgan fingerprint density at radius 1 is 0.410 bits per heavy atom. The number of aryl methyl sites for hydroxylation is 6. The van der Waals surface area contributed by atoms with Crippen LogP contribution in [0, 0.1) is 6.92 Å². The molecular formula is C99H157F3N23O13P. The fraction of sp³-hybridized carbons (Fsp3) is 0.525. The first-order valence-electron chi connectivity index (χ1n) is 46.1. The Hall–Kier alpha value is -11.8. The molecule has 0 saturated heterocycles. The van der Waals surface area contributed by atoms with Crippen LogP contribution in [0.3, 0.4) is 0 Å². The zero-order valence-electron chi connectivity index (χ0n) is 87.2. The summed E-state index contributed by atoms with van der Waals surface area (Å²) in [7, 11) is 11.2. The molecule has 9 aromatic heterocycles. The predicted molar refractivity (Wildman–Crippen MR) is 537 cm³/mol. The molecule has 0 spiro atoms. The highest BCUT2D eigenvalue weighted by atomic mass is 31.2. The largest absolute Gasteiger partial charge is 0.470 e. The fourth-order valence-electron chi connectivity index (χ4n) is 11.7. The molecule has 0 aliphatic rings. The Labute approximate surface area is 819 Å². The lowest BCUT2D eigenvalue weighted by Gasteiger charge is -2.23. The van der Waals surface area contributed by atoms with Crippen LogP contribution in [0.15, 0.2) is 212 Å². The molecule has 40 heteroatoms. The van der Waals surface area contributed by atoms with E-state index in [-0.39, 0.29) is 60.6 Å². The van der Waals surface area contributed by atoms with Crippen LogP contribution in [-0.4, -0.2) is 217 Å². The maximum absolute atomic E-state index is 11.9. The molecule has 9 atom stereocenters. The average Bonchev–Trinajstić information content (AvgIpc) is 1.70. The number of ether oxygens (including phenoxy) is 2. The van der Waals surface area contributed by atoms with Gasteiger partial charge in [-0.2, -0.15) is 23.4 Å². The van der Waals surface area contributed by atoms with Gasteiger partial charge in [0.15, 0.2) is 0 Å². The van der Waals surface area contributed by atoms with E-state index in [2.05, 4.69) is 245 Å². The van der Waals surface area contributed by atoms with Crippen LogP contribution in [0.25, 0.3) is 0 Å². The Balaban J connectivity index is 0.00000150. The molecular weight excluding hydrogens is 1810 g/mol. The molecule has 12 rings (SSSR count). The summed E-state index contributed by atoms with van der Waals surface area (Å²) in [4.78, 5) is 79.4. The van der Waals surface area contributed by atoms with Gasteiger partial charge >= 0.3 is 37.8 Å². The highest BCUT2D eigenvalue weighted by Gasteiger charge is 2.27. The van der Waals surface area contributed by atoms with E-state index in [1.165, 1.54) is 82.3 Å². The van der Waals surface area contributed by atoms with Crippen LogP contribution in [0.1, 0.15) is 293 Å². The number of esters is 2. The minimum absolute atomic E-state index is 0.0474. The molecule has 36 nitrogen and oxygen atoms in total. The van der Waals surface area contributed by atoms with Crippen molar-refractivity contribution in [1.29, 1.82) is 0 Å². The van der Waals surface area contributed by atoms with Crippen molar-refractivity contribution in [2.24, 2.45) is 35.2 Å². The summed E-state index contributed by atoms with van der Waals surface area (Å²) >= 11 is 0. The summed E-state index contributed by atoms with van der Waals surface area (Å²) < 4.78 is 66.3. The number of aliphatic hydroxyl groups excluding tert-OH is 3. The summed E-state index contributed by atoms with van der Waals surface area (Å²) in [5.74, 6) is 3.15. The van der Waals surface area contributed by atoms with Crippen LogP contribution in [0.4, 0.5) is 13.2 Å². The van der Waals surface area contributed by atoms with Gasteiger partial charge in [0.2, 0.25) is 0 Å². The number of aromatic nitrogens is 21. The van der Waals surface area contributed by atoms with Gasteiger partial charge < -0.3 is 34.6 Å². The van der Waals surface area contributed by atoms with E-state index in [0.29, 0.717) is 65.4 Å². The lowest BCUT2D eigenvalue weighted by molar-refractivity contribution is -0.152. The number of carbonyl (C=O) groups is 2. The van der Waals surface area contributed by atoms with Crippen molar-refractivity contribution >= 4 is 19.8 Å². The third-order valence-electron chi connectivity index (χ3n) is 19.6. The number of rotatable bonds is 26. The lowest BCUT2D eigenvalue weighted by Crippen LogP contribution is -2.36. The number of hydrogen-bond donors (Lipinski definition) is 5. The van der Waals surface area contributed by atoms with E-state index in [1.54, 1.807) is 153 Å². The molecule has 0 fully saturated rings. The van der Waals surface area contributed by atoms with Crippen molar-refractivity contribution in [3.05, 3.63) is 279 Å². The summed E-state index contributed by atoms with van der Waals surface area (Å²) in [5.41, 5.74) is 10.2. The lowest BCUT2D eigenvalue weighted by atomic mass is 10.0. The molecule has 9 heterocycles. The molecule has 0 aliphatic carbocycles. The van der Waals surface area contributed by atoms with Crippen molar-refractivity contribution in [2.45, 2.75) is 269 Å². The molecule has 0 saturated carbocycles. The molecule has 772 valence electrons. The van der Waals surface area contributed by atoms with E-state index in [9.17, 15) is 42.0 Å². The molecule has 12 aromatic rings. The first-order chi connectivity index (χ1) is 65.2. The number of likely N-dealkylation sites (N-methyl/N-ethyl adjacent to an activating group) is 2. The third-order valence-corrected chi connectivity index (χ3v) is 20.2. The Kier molecular flexibility index (Phi) is 64.0. The zero-order valence-corrected chi connectivity index (χ0v) is 88.1. The zero-order chi connectivity index (χ0) is 106. The number of aliphatic hydroxyl groups is 3. The van der Waals surface area contributed by atoms with Gasteiger partial charge in [-0.25, -0.2) is 28.2 Å². The van der Waals surface area contributed by atoms with Gasteiger partial charge in [-0.15, -0.1) is 20.4 Å². The molecule has 5 N–H and O–H groups in total. The van der Waals surface area contributed by atoms with Gasteiger partial charge in [-0.3, -0.25) is 62.0 Å². The van der Waals surface area contributed by atoms with Crippen LogP contribution in [0.5, 0.6) is 0 Å². The van der Waals surface area contributed by atoms with Crippen molar-refractivity contribution in [3.8, 4) is 0 Å². The average molecular weight is 1970 g/mol. The van der Waals surface area contributed by atoms with Gasteiger partial charge in [0, 0.05) is 78.6 Å². The first kappa shape index (κ1) is 127. The van der Waals surface area contributed by atoms with E-state index < -0.39 is 45.0 Å². The van der Waals surface area contributed by atoms with Crippen LogP contribution in [0.2, 0.25) is 0 Å². The maximum Gasteiger partial charge on any atom is 0.470 e. The van der Waals surface area contributed by atoms with E-state index in [0.717, 1.165) is 12.1 Å². The second-order valence-electron chi connectivity index (χ2n) is 34.6. The number of halogens is 3. The van der Waals surface area contributed by atoms with Gasteiger partial charge in [-0.05, 0) is 183 Å². The SMILES string of the molecule is CC(C)c1ccccc1.CC(C)c1ccccc1.CC(C)c1ccccc1.CC(C)c1cccnc1.CC(C)c1cccnc1.CC(C)c1cccnc1.CC(O)c1cn(C)nn1.CC(O)c1cn(C)nn1.CC(OP(=O)(O)O)c1cn(C)nn1.CC[C@@H]([C@@H](C)O)n1cc(C)nn1.CC[C@@H]([C@H](C)OC(=O)CN(C)C)n1ncn(C)c1=O.CC[C@@H]([C@H](C)OC(=O)CN(C)C)n1ncn(C)c1=O.FC(F)F. The number of hydrogen-bond acceptors (Lipinski definition) is 26. The second kappa shape index (κ2) is 69.9. The molecule has 3 unspecified atom stereocenters. The quantitative estimate of drug-likeness (QED) is 0.0248. The first-order valence-corrected chi connectivity index (χ1v) is 47.7. The monoisotopic (exact) mass is 1960 g/mol. The maximum atomic E-state index is 11.9. The third kappa shape index (κ3) is 56.7. The normalized spacial score (nSPS) is 12.6. The summed E-state index contributed by atoms with van der Waals surface area (Å²) in [6, 6.07) is 43.3. The number of benzene rings is 3. The number of nitrogens with zero attached hydrogens (tertiary/aromatic N) is 23. The number of phosphoric ester groups is 1. The van der Waals surface area contributed by atoms with Gasteiger partial charge in [0.1, 0.15) is 48.0 Å². The second-order valence-corrected chi connectivity index (χ2v) is 35.8. The summed E-state index contributed by atoms with van der Waals surface area (Å²) in [6.07, 6.45) is 20.0. The summed E-state index contributed by atoms with van der Waals surface area (Å²) in [5, 5.41) is 65.0. The minimum atomic E-state index is -4.46. The number of phosphoric acid groups is 1. The number of carbonyl (C=O) groups excluding carboxylic acids is 2. The highest BCUT2D eigenvalue weighted by molar-refractivity contribution is 7.46. The van der Waals surface area contributed by atoms with Gasteiger partial charge in [0.05, 0.1) is 73.8 Å². The van der Waals surface area contributed by atoms with Crippen LogP contribution >= 0.6 is 7.82 Å². The van der Waals surface area contributed by atoms with E-state index in [1.807, 2.05) is 88.9 Å². The van der Waals surface area contributed by atoms with Crippen LogP contribution in [-0.2, 0) is 63.4 Å². The van der Waals surface area contributed by atoms with Crippen molar-refractivity contribution in [2.75, 3.05) is 41.3 Å². The van der Waals surface area contributed by atoms with E-state index in [4.69, 9.17) is 29.5 Å². The number of pyridine rings is 3. The Bertz CT molecular complexity index is 4810. The van der Waals surface area contributed by atoms with Crippen molar-refractivity contribution < 1.29 is 66.4 Å². The van der Waals surface area contributed by atoms with Crippen molar-refractivity contribution in [3.63, 3.8) is 0 Å². The predicted octanol–water partition coefficient (Wildman–Crippen LogP) is 16.9. The summed E-state index contributed by atoms with van der Waals surface area (Å²) in [6.45, 7) is 40.9. The van der Waals surface area contributed by atoms with Crippen LogP contribution < -0.4 is 11.4 Å². The fourth-order valence-corrected chi connectivity index (χ4v) is 12.2. The minimum Gasteiger partial charge on any atom is -0.459 e. The number of alkyl halides is 3. The van der Waals surface area contributed by atoms with Gasteiger partial charge in [-0.1, -0.05) is 234 Å². The molecule has 139 heavy (non-hydrogen) atoms. The Morgan fingerprint density at radius 2 is 0.691 bits per heavy atom. The molecule has 0 radical (unpaired) electrons. The standard InChI is InChI=1S/2C12H22N4O3.3C9H12.C8H15N3O.3C8H11N.C5H10N3O4P.2C5H9N3O.CHF3/c2*1-6-10(16-12(18)15(5)8-13-16)9(2)19-11(17)7-14(3)4;3*1-8(2)9-6-4-3-5-7-9;1-4-8(7(3)12)11-5-6(2)9-10-11;3*1-7(2)8-4-3-5-9-6-8;1-4(12-13(9,10)11)5-3-8(2)7-6-5;2*1-4(9)5-3-8(2)7-6-5;2-1(3)4/h2*8-10H,6-7H2,1-5H3;3*3-8H,1-2H3;5,7-8,12H,4H2,1-3H3;3*3-7H,1-2H3;3-4H,1-2H3,(H2,9,10,11);2*3-4,9H,1-2H3;1H/t2*9-,10-;;;;7-,8+;;;;;;;/m00...1......./s1. The smallest absolute Gasteiger partial charge is 0.459 e. The van der Waals surface area contributed by atoms with Crippen molar-refractivity contribution in [1.82, 2.24) is 113 Å². The Morgan fingerprint density at radius 3 is 0.863 bits per heavy atom. The van der Waals surface area contributed by atoms with Gasteiger partial charge in [0.25, 0.3) is 0 Å². The topological polar surface area (TPSA) is 428 Å². The molecule has 0 aliphatic heterocycles. The molecule has 0 bridgehead atoms. The highest BCUT2D eigenvalue weighted by Crippen LogP contribution is 2.41. The van der Waals surface area contributed by atoms with E-state index >= 15 is 0 Å². The molecule has 0 amide bonds.